The van der Waals surface area contributed by atoms with Crippen LogP contribution in [0.1, 0.15) is 5.56 Å². The average Bonchev–Trinajstić information content (AvgIpc) is 2.43. The van der Waals surface area contributed by atoms with E-state index in [1.165, 1.54) is 14.2 Å². The van der Waals surface area contributed by atoms with Crippen molar-refractivity contribution in [3.63, 3.8) is 0 Å². The highest BCUT2D eigenvalue weighted by Gasteiger charge is 2.13. The number of methoxy groups -OCH3 is 3. The highest BCUT2D eigenvalue weighted by molar-refractivity contribution is 5.77. The number of aliphatic hydroxyl groups is 1. The van der Waals surface area contributed by atoms with Crippen molar-refractivity contribution in [1.29, 1.82) is 0 Å². The number of carbonyl (C=O) groups excluding carboxylic acids is 1. The zero-order valence-corrected chi connectivity index (χ0v) is 10.6. The molecular formula is C12H17NO5. The van der Waals surface area contributed by atoms with Gasteiger partial charge in [0.1, 0.15) is 23.9 Å². The van der Waals surface area contributed by atoms with Crippen LogP contribution in [0.4, 0.5) is 0 Å². The van der Waals surface area contributed by atoms with Crippen molar-refractivity contribution >= 4 is 5.91 Å². The van der Waals surface area contributed by atoms with E-state index in [2.05, 4.69) is 5.32 Å². The molecule has 6 nitrogen and oxygen atoms in total. The van der Waals surface area contributed by atoms with Gasteiger partial charge in [-0.05, 0) is 0 Å². The van der Waals surface area contributed by atoms with E-state index in [0.29, 0.717) is 22.8 Å². The molecule has 2 N–H and O–H groups in total. The van der Waals surface area contributed by atoms with E-state index in [1.54, 1.807) is 19.2 Å². The van der Waals surface area contributed by atoms with E-state index in [1.807, 2.05) is 0 Å². The molecule has 18 heavy (non-hydrogen) atoms. The summed E-state index contributed by atoms with van der Waals surface area (Å²) in [6.07, 6.45) is 0. The third-order valence-electron chi connectivity index (χ3n) is 2.42. The van der Waals surface area contributed by atoms with Crippen LogP contribution < -0.4 is 19.5 Å². The highest BCUT2D eigenvalue weighted by Crippen LogP contribution is 2.33. The predicted octanol–water partition coefficient (Wildman–Crippen LogP) is 0.321. The number of hydrogen-bond acceptors (Lipinski definition) is 5. The molecule has 0 fully saturated rings. The maximum Gasteiger partial charge on any atom is 0.245 e. The van der Waals surface area contributed by atoms with Gasteiger partial charge in [0.05, 0.1) is 33.4 Å². The maximum atomic E-state index is 11.0. The number of rotatable bonds is 6. The molecule has 0 heterocycles. The SMILES string of the molecule is COc1cc(OC)c(CNC(=O)CO)c(OC)c1. The zero-order chi connectivity index (χ0) is 13.5. The molecule has 0 spiro atoms. The fraction of sp³-hybridized carbons (Fsp3) is 0.417. The summed E-state index contributed by atoms with van der Waals surface area (Å²) in [7, 11) is 4.58. The third-order valence-corrected chi connectivity index (χ3v) is 2.42. The number of amides is 1. The largest absolute Gasteiger partial charge is 0.496 e. The molecule has 1 aromatic carbocycles. The lowest BCUT2D eigenvalue weighted by Crippen LogP contribution is -2.26. The van der Waals surface area contributed by atoms with Crippen LogP contribution in [0.3, 0.4) is 0 Å². The molecule has 100 valence electrons. The van der Waals surface area contributed by atoms with Crippen molar-refractivity contribution in [3.8, 4) is 17.2 Å². The fourth-order valence-electron chi connectivity index (χ4n) is 1.49. The minimum absolute atomic E-state index is 0.204. The summed E-state index contributed by atoms with van der Waals surface area (Å²) in [5, 5.41) is 11.2. The first-order valence-corrected chi connectivity index (χ1v) is 5.32. The number of aliphatic hydroxyl groups excluding tert-OH is 1. The Hall–Kier alpha value is -1.95. The van der Waals surface area contributed by atoms with Crippen LogP contribution in [-0.2, 0) is 11.3 Å². The summed E-state index contributed by atoms with van der Waals surface area (Å²) in [6, 6.07) is 3.39. The van der Waals surface area contributed by atoms with Gasteiger partial charge >= 0.3 is 0 Å². The summed E-state index contributed by atoms with van der Waals surface area (Å²) in [5.74, 6) is 1.23. The Bertz CT molecular complexity index is 394. The molecule has 1 aromatic rings. The van der Waals surface area contributed by atoms with Crippen LogP contribution in [0.15, 0.2) is 12.1 Å². The average molecular weight is 255 g/mol. The van der Waals surface area contributed by atoms with Crippen molar-refractivity contribution in [2.24, 2.45) is 0 Å². The number of benzene rings is 1. The van der Waals surface area contributed by atoms with Crippen LogP contribution >= 0.6 is 0 Å². The smallest absolute Gasteiger partial charge is 0.245 e. The molecule has 0 atom stereocenters. The van der Waals surface area contributed by atoms with E-state index in [9.17, 15) is 4.79 Å². The Balaban J connectivity index is 3.03. The van der Waals surface area contributed by atoms with Crippen LogP contribution in [-0.4, -0.2) is 38.9 Å². The van der Waals surface area contributed by atoms with Crippen LogP contribution in [0, 0.1) is 0 Å². The molecule has 0 aromatic heterocycles. The van der Waals surface area contributed by atoms with Crippen molar-refractivity contribution in [3.05, 3.63) is 17.7 Å². The van der Waals surface area contributed by atoms with Gasteiger partial charge in [-0.2, -0.15) is 0 Å². The van der Waals surface area contributed by atoms with E-state index in [-0.39, 0.29) is 6.54 Å². The van der Waals surface area contributed by atoms with Gasteiger partial charge in [0.25, 0.3) is 0 Å². The van der Waals surface area contributed by atoms with Gasteiger partial charge < -0.3 is 24.6 Å². The Morgan fingerprint density at radius 2 is 1.72 bits per heavy atom. The predicted molar refractivity (Wildman–Crippen MR) is 65.0 cm³/mol. The second-order valence-corrected chi connectivity index (χ2v) is 3.45. The molecule has 0 aliphatic rings. The van der Waals surface area contributed by atoms with Gasteiger partial charge in [-0.1, -0.05) is 0 Å². The fourth-order valence-corrected chi connectivity index (χ4v) is 1.49. The van der Waals surface area contributed by atoms with Crippen LogP contribution in [0.5, 0.6) is 17.2 Å². The third kappa shape index (κ3) is 3.27. The first-order valence-electron chi connectivity index (χ1n) is 5.32. The highest BCUT2D eigenvalue weighted by atomic mass is 16.5. The van der Waals surface area contributed by atoms with E-state index in [4.69, 9.17) is 19.3 Å². The first-order chi connectivity index (χ1) is 8.65. The Morgan fingerprint density at radius 3 is 2.11 bits per heavy atom. The van der Waals surface area contributed by atoms with Gasteiger partial charge in [-0.3, -0.25) is 4.79 Å². The number of ether oxygens (including phenoxy) is 3. The number of hydrogen-bond donors (Lipinski definition) is 2. The molecule has 0 aliphatic carbocycles. The van der Waals surface area contributed by atoms with Crippen LogP contribution in [0.2, 0.25) is 0 Å². The number of nitrogens with one attached hydrogen (secondary N) is 1. The van der Waals surface area contributed by atoms with Crippen molar-refractivity contribution in [2.45, 2.75) is 6.54 Å². The molecule has 0 bridgehead atoms. The Kier molecular flexibility index (Phi) is 5.26. The summed E-state index contributed by atoms with van der Waals surface area (Å²) in [5.41, 5.74) is 0.683. The van der Waals surface area contributed by atoms with E-state index < -0.39 is 12.5 Å². The standard InChI is InChI=1S/C12H17NO5/c1-16-8-4-10(17-2)9(11(5-8)18-3)6-13-12(15)7-14/h4-5,14H,6-7H2,1-3H3,(H,13,15). The maximum absolute atomic E-state index is 11.0. The van der Waals surface area contributed by atoms with Gasteiger partial charge in [0.15, 0.2) is 0 Å². The molecule has 1 amide bonds. The molecule has 0 radical (unpaired) electrons. The van der Waals surface area contributed by atoms with Gasteiger partial charge in [0, 0.05) is 12.1 Å². The minimum Gasteiger partial charge on any atom is -0.496 e. The lowest BCUT2D eigenvalue weighted by Gasteiger charge is -2.15. The number of carbonyl (C=O) groups is 1. The lowest BCUT2D eigenvalue weighted by atomic mass is 10.1. The normalized spacial score (nSPS) is 9.78. The van der Waals surface area contributed by atoms with Crippen molar-refractivity contribution in [2.75, 3.05) is 27.9 Å². The summed E-state index contributed by atoms with van der Waals surface area (Å²) >= 11 is 0. The lowest BCUT2D eigenvalue weighted by molar-refractivity contribution is -0.123. The summed E-state index contributed by atoms with van der Waals surface area (Å²) < 4.78 is 15.6. The Morgan fingerprint density at radius 1 is 1.17 bits per heavy atom. The zero-order valence-electron chi connectivity index (χ0n) is 10.6. The van der Waals surface area contributed by atoms with Crippen molar-refractivity contribution < 1.29 is 24.1 Å². The van der Waals surface area contributed by atoms with Gasteiger partial charge in [-0.25, -0.2) is 0 Å². The molecule has 1 rings (SSSR count). The quantitative estimate of drug-likeness (QED) is 0.765. The minimum atomic E-state index is -0.555. The van der Waals surface area contributed by atoms with Crippen LogP contribution in [0.25, 0.3) is 0 Å². The monoisotopic (exact) mass is 255 g/mol. The Labute approximate surface area is 105 Å². The molecule has 6 heteroatoms. The topological polar surface area (TPSA) is 77.0 Å². The van der Waals surface area contributed by atoms with Gasteiger partial charge in [-0.15, -0.1) is 0 Å². The molecule has 0 saturated heterocycles. The van der Waals surface area contributed by atoms with E-state index in [0.717, 1.165) is 0 Å². The molecular weight excluding hydrogens is 238 g/mol. The first kappa shape index (κ1) is 14.1. The second-order valence-electron chi connectivity index (χ2n) is 3.45. The molecule has 0 saturated carbocycles. The summed E-state index contributed by atoms with van der Waals surface area (Å²) in [4.78, 5) is 11.0. The second kappa shape index (κ2) is 6.70. The molecule has 0 unspecified atom stereocenters. The molecule has 0 aliphatic heterocycles. The van der Waals surface area contributed by atoms with Gasteiger partial charge in [0.2, 0.25) is 5.91 Å². The summed E-state index contributed by atoms with van der Waals surface area (Å²) in [6.45, 7) is -0.351. The van der Waals surface area contributed by atoms with E-state index >= 15 is 0 Å². The van der Waals surface area contributed by atoms with Crippen molar-refractivity contribution in [1.82, 2.24) is 5.32 Å².